The van der Waals surface area contributed by atoms with E-state index in [0.29, 0.717) is 17.7 Å². The van der Waals surface area contributed by atoms with Gasteiger partial charge in [-0.2, -0.15) is 0 Å². The Kier molecular flexibility index (Phi) is 6.32. The van der Waals surface area contributed by atoms with E-state index in [9.17, 15) is 4.79 Å². The molecule has 1 heterocycles. The first-order valence-corrected chi connectivity index (χ1v) is 9.30. The highest BCUT2D eigenvalue weighted by Gasteiger charge is 2.10. The third-order valence-electron chi connectivity index (χ3n) is 3.64. The Morgan fingerprint density at radius 1 is 1.07 bits per heavy atom. The van der Waals surface area contributed by atoms with Gasteiger partial charge in [0.05, 0.1) is 19.4 Å². The van der Waals surface area contributed by atoms with Gasteiger partial charge >= 0.3 is 0 Å². The fourth-order valence-corrected chi connectivity index (χ4v) is 2.80. The van der Waals surface area contributed by atoms with Crippen LogP contribution in [0.2, 0.25) is 0 Å². The molecule has 1 aromatic heterocycles. The molecule has 0 fully saturated rings. The van der Waals surface area contributed by atoms with Crippen LogP contribution in [-0.2, 0) is 11.3 Å². The summed E-state index contributed by atoms with van der Waals surface area (Å²) in [6.07, 6.45) is 0. The lowest BCUT2D eigenvalue weighted by Crippen LogP contribution is -2.13. The predicted octanol–water partition coefficient (Wildman–Crippen LogP) is 3.73. The molecule has 0 spiro atoms. The summed E-state index contributed by atoms with van der Waals surface area (Å²) in [4.78, 5) is 12.0. The number of aromatic nitrogens is 2. The molecule has 0 aliphatic carbocycles. The van der Waals surface area contributed by atoms with Crippen molar-refractivity contribution in [2.24, 2.45) is 0 Å². The van der Waals surface area contributed by atoms with E-state index < -0.39 is 0 Å². The number of rotatable bonds is 8. The Labute approximate surface area is 161 Å². The van der Waals surface area contributed by atoms with E-state index in [-0.39, 0.29) is 11.7 Å². The number of benzene rings is 2. The fraction of sp³-hybridized carbons (Fsp3) is 0.211. The minimum atomic E-state index is -0.125. The van der Waals surface area contributed by atoms with Crippen molar-refractivity contribution in [1.29, 1.82) is 0 Å². The first kappa shape index (κ1) is 18.8. The number of nitrogens with zero attached hydrogens (tertiary/aromatic N) is 2. The molecular weight excluding hydrogens is 364 g/mol. The number of hydrogen-bond donors (Lipinski definition) is 2. The first-order valence-electron chi connectivity index (χ1n) is 8.32. The highest BCUT2D eigenvalue weighted by molar-refractivity contribution is 7.99. The average molecular weight is 384 g/mol. The van der Waals surface area contributed by atoms with Crippen LogP contribution in [0.15, 0.2) is 58.2 Å². The monoisotopic (exact) mass is 384 g/mol. The molecule has 2 N–H and O–H groups in total. The van der Waals surface area contributed by atoms with E-state index in [1.807, 2.05) is 55.5 Å². The third kappa shape index (κ3) is 5.75. The molecular formula is C19H20N4O3S. The van der Waals surface area contributed by atoms with Gasteiger partial charge in [0.2, 0.25) is 11.8 Å². The molecule has 0 saturated carbocycles. The maximum Gasteiger partial charge on any atom is 0.277 e. The Morgan fingerprint density at radius 3 is 2.48 bits per heavy atom. The second-order valence-electron chi connectivity index (χ2n) is 5.75. The lowest BCUT2D eigenvalue weighted by atomic mass is 10.2. The van der Waals surface area contributed by atoms with Crippen LogP contribution in [-0.4, -0.2) is 29.0 Å². The number of thioether (sulfide) groups is 1. The molecule has 0 bridgehead atoms. The van der Waals surface area contributed by atoms with Crippen LogP contribution in [0.5, 0.6) is 5.75 Å². The van der Waals surface area contributed by atoms with Crippen LogP contribution in [0.3, 0.4) is 0 Å². The van der Waals surface area contributed by atoms with Gasteiger partial charge < -0.3 is 19.8 Å². The van der Waals surface area contributed by atoms with Crippen molar-refractivity contribution in [3.05, 3.63) is 60.0 Å². The maximum atomic E-state index is 12.0. The number of amides is 1. The lowest BCUT2D eigenvalue weighted by molar-refractivity contribution is -0.113. The van der Waals surface area contributed by atoms with Gasteiger partial charge in [-0.25, -0.2) is 0 Å². The number of anilines is 2. The van der Waals surface area contributed by atoms with Gasteiger partial charge in [-0.1, -0.05) is 29.5 Å². The minimum absolute atomic E-state index is 0.125. The number of hydrogen-bond acceptors (Lipinski definition) is 7. The summed E-state index contributed by atoms with van der Waals surface area (Å²) in [5.41, 5.74) is 2.82. The van der Waals surface area contributed by atoms with E-state index >= 15 is 0 Å². The van der Waals surface area contributed by atoms with Gasteiger partial charge in [0.25, 0.3) is 5.22 Å². The molecule has 27 heavy (non-hydrogen) atoms. The smallest absolute Gasteiger partial charge is 0.277 e. The number of methoxy groups -OCH3 is 1. The fourth-order valence-electron chi connectivity index (χ4n) is 2.22. The molecule has 3 aromatic rings. The van der Waals surface area contributed by atoms with Crippen molar-refractivity contribution in [3.63, 3.8) is 0 Å². The van der Waals surface area contributed by atoms with Crippen LogP contribution in [0.25, 0.3) is 0 Å². The first-order chi connectivity index (χ1) is 13.1. The second-order valence-corrected chi connectivity index (χ2v) is 6.67. The van der Waals surface area contributed by atoms with Crippen LogP contribution < -0.4 is 15.4 Å². The molecule has 3 rings (SSSR count). The van der Waals surface area contributed by atoms with Crippen LogP contribution in [0.4, 0.5) is 11.4 Å². The molecule has 0 radical (unpaired) electrons. The number of ether oxygens (including phenoxy) is 1. The number of nitrogens with one attached hydrogen (secondary N) is 2. The number of carbonyl (C=O) groups is 1. The zero-order valence-corrected chi connectivity index (χ0v) is 15.9. The van der Waals surface area contributed by atoms with Crippen LogP contribution >= 0.6 is 11.8 Å². The quantitative estimate of drug-likeness (QED) is 0.572. The molecule has 7 nitrogen and oxygen atoms in total. The lowest BCUT2D eigenvalue weighted by Gasteiger charge is -2.05. The highest BCUT2D eigenvalue weighted by atomic mass is 32.2. The second kappa shape index (κ2) is 9.09. The van der Waals surface area contributed by atoms with Crippen molar-refractivity contribution >= 4 is 29.0 Å². The van der Waals surface area contributed by atoms with Crippen LogP contribution in [0.1, 0.15) is 11.5 Å². The minimum Gasteiger partial charge on any atom is -0.497 e. The van der Waals surface area contributed by atoms with Gasteiger partial charge in [0.15, 0.2) is 0 Å². The number of carbonyl (C=O) groups excluding carboxylic acids is 1. The molecule has 0 aliphatic rings. The molecule has 2 aromatic carbocycles. The molecule has 140 valence electrons. The standard InChI is InChI=1S/C19H20N4O3S/c1-13-3-5-15(6-4-13)21-17(24)12-27-19-23-22-18(26-19)11-20-14-7-9-16(25-2)10-8-14/h3-10,20H,11-12H2,1-2H3,(H,21,24). The summed E-state index contributed by atoms with van der Waals surface area (Å²) in [5.74, 6) is 1.31. The van der Waals surface area contributed by atoms with Gasteiger partial charge in [0, 0.05) is 11.4 Å². The van der Waals surface area contributed by atoms with E-state index in [1.165, 1.54) is 11.8 Å². The molecule has 0 unspecified atom stereocenters. The van der Waals surface area contributed by atoms with Crippen molar-refractivity contribution in [3.8, 4) is 5.75 Å². The SMILES string of the molecule is COc1ccc(NCc2nnc(SCC(=O)Nc3ccc(C)cc3)o2)cc1. The van der Waals surface area contributed by atoms with Gasteiger partial charge in [-0.15, -0.1) is 10.2 Å². The molecule has 8 heteroatoms. The largest absolute Gasteiger partial charge is 0.497 e. The molecule has 0 atom stereocenters. The highest BCUT2D eigenvalue weighted by Crippen LogP contribution is 2.19. The zero-order chi connectivity index (χ0) is 19.1. The van der Waals surface area contributed by atoms with Crippen molar-refractivity contribution < 1.29 is 13.9 Å². The van der Waals surface area contributed by atoms with Crippen molar-refractivity contribution in [2.75, 3.05) is 23.5 Å². The summed E-state index contributed by atoms with van der Waals surface area (Å²) < 4.78 is 10.7. The van der Waals surface area contributed by atoms with E-state index in [0.717, 1.165) is 22.7 Å². The summed E-state index contributed by atoms with van der Waals surface area (Å²) in [5, 5.41) is 14.3. The van der Waals surface area contributed by atoms with Crippen molar-refractivity contribution in [2.45, 2.75) is 18.7 Å². The summed E-state index contributed by atoms with van der Waals surface area (Å²) >= 11 is 1.20. The Morgan fingerprint density at radius 2 is 1.78 bits per heavy atom. The van der Waals surface area contributed by atoms with E-state index in [1.54, 1.807) is 7.11 Å². The maximum absolute atomic E-state index is 12.0. The van der Waals surface area contributed by atoms with E-state index in [2.05, 4.69) is 20.8 Å². The third-order valence-corrected chi connectivity index (χ3v) is 4.46. The molecule has 1 amide bonds. The van der Waals surface area contributed by atoms with Crippen molar-refractivity contribution in [1.82, 2.24) is 10.2 Å². The zero-order valence-electron chi connectivity index (χ0n) is 15.1. The summed E-state index contributed by atoms with van der Waals surface area (Å²) in [7, 11) is 1.63. The Hall–Kier alpha value is -3.00. The Balaban J connectivity index is 1.44. The Bertz CT molecular complexity index is 879. The predicted molar refractivity (Wildman–Crippen MR) is 105 cm³/mol. The summed E-state index contributed by atoms with van der Waals surface area (Å²) in [6.45, 7) is 2.40. The van der Waals surface area contributed by atoms with Gasteiger partial charge in [-0.3, -0.25) is 4.79 Å². The average Bonchev–Trinajstić information content (AvgIpc) is 3.15. The molecule has 0 aliphatic heterocycles. The normalized spacial score (nSPS) is 10.4. The molecule has 0 saturated heterocycles. The van der Waals surface area contributed by atoms with Gasteiger partial charge in [-0.05, 0) is 43.3 Å². The van der Waals surface area contributed by atoms with Crippen LogP contribution in [0, 0.1) is 6.92 Å². The number of aryl methyl sites for hydroxylation is 1. The van der Waals surface area contributed by atoms with E-state index in [4.69, 9.17) is 9.15 Å². The summed E-state index contributed by atoms with van der Waals surface area (Å²) in [6, 6.07) is 15.2. The van der Waals surface area contributed by atoms with Gasteiger partial charge in [0.1, 0.15) is 5.75 Å². The topological polar surface area (TPSA) is 89.3 Å².